The summed E-state index contributed by atoms with van der Waals surface area (Å²) in [6.07, 6.45) is 3.65. The van der Waals surface area contributed by atoms with Crippen molar-refractivity contribution in [2.45, 2.75) is 92.1 Å². The molecule has 26 heavy (non-hydrogen) atoms. The van der Waals surface area contributed by atoms with E-state index in [1.165, 1.54) is 6.42 Å². The molecule has 0 spiro atoms. The van der Waals surface area contributed by atoms with Crippen LogP contribution in [-0.4, -0.2) is 64.1 Å². The van der Waals surface area contributed by atoms with Crippen LogP contribution in [-0.2, 0) is 23.7 Å². The quantitative estimate of drug-likeness (QED) is 0.330. The molecule has 158 valence electrons. The Morgan fingerprint density at radius 3 is 1.50 bits per heavy atom. The van der Waals surface area contributed by atoms with E-state index < -0.39 is 0 Å². The summed E-state index contributed by atoms with van der Waals surface area (Å²) in [5.74, 6) is 0.736. The summed E-state index contributed by atoms with van der Waals surface area (Å²) >= 11 is 0. The molecule has 0 aromatic rings. The third-order valence-electron chi connectivity index (χ3n) is 3.88. The fourth-order valence-electron chi connectivity index (χ4n) is 2.26. The molecule has 0 saturated carbocycles. The highest BCUT2D eigenvalue weighted by molar-refractivity contribution is 4.57. The van der Waals surface area contributed by atoms with Crippen molar-refractivity contribution in [1.29, 1.82) is 0 Å². The average Bonchev–Trinajstić information content (AvgIpc) is 2.60. The van der Waals surface area contributed by atoms with Gasteiger partial charge in [0.25, 0.3) is 0 Å². The van der Waals surface area contributed by atoms with Crippen LogP contribution in [0.2, 0.25) is 0 Å². The van der Waals surface area contributed by atoms with Crippen LogP contribution < -0.4 is 0 Å². The maximum Gasteiger partial charge on any atom is 0.0781 e. The molecule has 4 atom stereocenters. The highest BCUT2D eigenvalue weighted by Crippen LogP contribution is 2.06. The maximum absolute atomic E-state index is 5.81. The van der Waals surface area contributed by atoms with Crippen LogP contribution in [0.5, 0.6) is 0 Å². The van der Waals surface area contributed by atoms with E-state index in [0.29, 0.717) is 26.4 Å². The zero-order valence-corrected chi connectivity index (χ0v) is 18.3. The van der Waals surface area contributed by atoms with Gasteiger partial charge in [0.1, 0.15) is 0 Å². The Morgan fingerprint density at radius 1 is 0.577 bits per heavy atom. The second kappa shape index (κ2) is 16.9. The lowest BCUT2D eigenvalue weighted by Gasteiger charge is -2.21. The van der Waals surface area contributed by atoms with Crippen LogP contribution >= 0.6 is 0 Å². The largest absolute Gasteiger partial charge is 0.379 e. The van der Waals surface area contributed by atoms with Crippen LogP contribution in [0, 0.1) is 5.92 Å². The molecule has 0 heterocycles. The number of ether oxygens (including phenoxy) is 5. The Kier molecular flexibility index (Phi) is 16.8. The molecule has 5 nitrogen and oxygen atoms in total. The molecular weight excluding hydrogens is 332 g/mol. The first-order valence-electron chi connectivity index (χ1n) is 10.4. The van der Waals surface area contributed by atoms with Crippen molar-refractivity contribution >= 4 is 0 Å². The summed E-state index contributed by atoms with van der Waals surface area (Å²) in [5, 5.41) is 0. The molecule has 0 amide bonds. The molecule has 0 aromatic heterocycles. The van der Waals surface area contributed by atoms with E-state index >= 15 is 0 Å². The first-order chi connectivity index (χ1) is 12.3. The molecule has 0 bridgehead atoms. The summed E-state index contributed by atoms with van der Waals surface area (Å²) in [6, 6.07) is 0. The number of hydrogen-bond acceptors (Lipinski definition) is 5. The summed E-state index contributed by atoms with van der Waals surface area (Å²) < 4.78 is 28.6. The maximum atomic E-state index is 5.81. The number of hydrogen-bond donors (Lipinski definition) is 0. The molecule has 0 saturated heterocycles. The topological polar surface area (TPSA) is 46.2 Å². The fourth-order valence-corrected chi connectivity index (χ4v) is 2.26. The normalized spacial score (nSPS) is 16.6. The summed E-state index contributed by atoms with van der Waals surface area (Å²) in [4.78, 5) is 0. The van der Waals surface area contributed by atoms with E-state index in [0.717, 1.165) is 32.0 Å². The van der Waals surface area contributed by atoms with E-state index in [-0.39, 0.29) is 24.4 Å². The molecule has 0 radical (unpaired) electrons. The standard InChI is InChI=1S/C21H44O5/c1-8-11-22-13-18(4)24-15-20(6)26-16-21(7)25-14-19(5)23-12-9-10-17(2)3/h17-21H,8-16H2,1-7H3. The van der Waals surface area contributed by atoms with Crippen molar-refractivity contribution in [2.24, 2.45) is 5.92 Å². The number of rotatable bonds is 18. The molecule has 0 aliphatic carbocycles. The van der Waals surface area contributed by atoms with Gasteiger partial charge in [0.05, 0.1) is 50.8 Å². The van der Waals surface area contributed by atoms with Crippen molar-refractivity contribution < 1.29 is 23.7 Å². The monoisotopic (exact) mass is 376 g/mol. The molecule has 0 aliphatic heterocycles. The predicted octanol–water partition coefficient (Wildman–Crippen LogP) is 4.47. The Labute approximate surface area is 162 Å². The van der Waals surface area contributed by atoms with Gasteiger partial charge in [0.2, 0.25) is 0 Å². The molecule has 0 rings (SSSR count). The zero-order chi connectivity index (χ0) is 19.8. The Bertz CT molecular complexity index is 298. The van der Waals surface area contributed by atoms with Gasteiger partial charge < -0.3 is 23.7 Å². The van der Waals surface area contributed by atoms with Gasteiger partial charge in [-0.25, -0.2) is 0 Å². The highest BCUT2D eigenvalue weighted by atomic mass is 16.6. The second-order valence-corrected chi connectivity index (χ2v) is 7.72. The van der Waals surface area contributed by atoms with E-state index in [2.05, 4.69) is 27.7 Å². The van der Waals surface area contributed by atoms with Crippen molar-refractivity contribution in [3.05, 3.63) is 0 Å². The second-order valence-electron chi connectivity index (χ2n) is 7.72. The van der Waals surface area contributed by atoms with E-state index in [9.17, 15) is 0 Å². The van der Waals surface area contributed by atoms with Gasteiger partial charge >= 0.3 is 0 Å². The lowest BCUT2D eigenvalue weighted by molar-refractivity contribution is -0.0922. The van der Waals surface area contributed by atoms with Crippen LogP contribution in [0.15, 0.2) is 0 Å². The van der Waals surface area contributed by atoms with Crippen molar-refractivity contribution in [3.63, 3.8) is 0 Å². The SMILES string of the molecule is CCCOCC(C)OCC(C)OCC(C)OCC(C)OCCCC(C)C. The van der Waals surface area contributed by atoms with E-state index in [4.69, 9.17) is 23.7 Å². The van der Waals surface area contributed by atoms with Gasteiger partial charge in [-0.15, -0.1) is 0 Å². The molecule has 0 aliphatic rings. The Balaban J connectivity index is 3.63. The first kappa shape index (κ1) is 25.8. The van der Waals surface area contributed by atoms with Gasteiger partial charge in [-0.2, -0.15) is 0 Å². The van der Waals surface area contributed by atoms with Crippen LogP contribution in [0.1, 0.15) is 67.7 Å². The molecule has 0 N–H and O–H groups in total. The van der Waals surface area contributed by atoms with Crippen LogP contribution in [0.25, 0.3) is 0 Å². The smallest absolute Gasteiger partial charge is 0.0781 e. The third-order valence-corrected chi connectivity index (χ3v) is 3.88. The minimum Gasteiger partial charge on any atom is -0.379 e. The van der Waals surface area contributed by atoms with Crippen LogP contribution in [0.4, 0.5) is 0 Å². The first-order valence-corrected chi connectivity index (χ1v) is 10.4. The van der Waals surface area contributed by atoms with E-state index in [1.807, 2.05) is 20.8 Å². The van der Waals surface area contributed by atoms with Crippen LogP contribution in [0.3, 0.4) is 0 Å². The van der Waals surface area contributed by atoms with E-state index in [1.54, 1.807) is 0 Å². The van der Waals surface area contributed by atoms with Gasteiger partial charge in [-0.1, -0.05) is 20.8 Å². The predicted molar refractivity (Wildman–Crippen MR) is 107 cm³/mol. The molecule has 4 unspecified atom stereocenters. The average molecular weight is 377 g/mol. The molecular formula is C21H44O5. The van der Waals surface area contributed by atoms with Crippen molar-refractivity contribution in [1.82, 2.24) is 0 Å². The molecule has 0 aromatic carbocycles. The van der Waals surface area contributed by atoms with Gasteiger partial charge in [-0.3, -0.25) is 0 Å². The lowest BCUT2D eigenvalue weighted by atomic mass is 10.1. The minimum absolute atomic E-state index is 0.0411. The summed E-state index contributed by atoms with van der Waals surface area (Å²) in [6.45, 7) is 18.7. The van der Waals surface area contributed by atoms with Gasteiger partial charge in [0, 0.05) is 13.2 Å². The Morgan fingerprint density at radius 2 is 1.04 bits per heavy atom. The minimum atomic E-state index is 0.0411. The fraction of sp³-hybridized carbons (Fsp3) is 1.00. The third kappa shape index (κ3) is 17.2. The van der Waals surface area contributed by atoms with Crippen molar-refractivity contribution in [2.75, 3.05) is 39.6 Å². The summed E-state index contributed by atoms with van der Waals surface area (Å²) in [5.41, 5.74) is 0. The van der Waals surface area contributed by atoms with Gasteiger partial charge in [-0.05, 0) is 52.9 Å². The summed E-state index contributed by atoms with van der Waals surface area (Å²) in [7, 11) is 0. The molecule has 5 heteroatoms. The van der Waals surface area contributed by atoms with Gasteiger partial charge in [0.15, 0.2) is 0 Å². The zero-order valence-electron chi connectivity index (χ0n) is 18.3. The highest BCUT2D eigenvalue weighted by Gasteiger charge is 2.11. The lowest BCUT2D eigenvalue weighted by Crippen LogP contribution is -2.28. The Hall–Kier alpha value is -0.200. The van der Waals surface area contributed by atoms with Crippen molar-refractivity contribution in [3.8, 4) is 0 Å². The molecule has 0 fully saturated rings.